The quantitative estimate of drug-likeness (QED) is 0.667. The van der Waals surface area contributed by atoms with E-state index >= 15 is 0 Å². The van der Waals surface area contributed by atoms with E-state index in [1.54, 1.807) is 44.2 Å². The van der Waals surface area contributed by atoms with Gasteiger partial charge in [0.05, 0.1) is 11.9 Å². The highest BCUT2D eigenvalue weighted by Crippen LogP contribution is 2.18. The van der Waals surface area contributed by atoms with Crippen LogP contribution in [0.4, 0.5) is 0 Å². The van der Waals surface area contributed by atoms with E-state index in [4.69, 9.17) is 0 Å². The van der Waals surface area contributed by atoms with Crippen molar-refractivity contribution in [3.8, 4) is 0 Å². The van der Waals surface area contributed by atoms with Gasteiger partial charge in [-0.15, -0.1) is 0 Å². The highest BCUT2D eigenvalue weighted by Gasteiger charge is 2.13. The van der Waals surface area contributed by atoms with Crippen LogP contribution >= 0.6 is 0 Å². The smallest absolute Gasteiger partial charge is 0.0681 e. The van der Waals surface area contributed by atoms with Crippen molar-refractivity contribution < 1.29 is 19.8 Å². The van der Waals surface area contributed by atoms with Crippen LogP contribution in [0.3, 0.4) is 0 Å². The molecule has 1 rings (SSSR count). The molecule has 96 valence electrons. The molecule has 1 aromatic carbocycles. The van der Waals surface area contributed by atoms with E-state index in [-0.39, 0.29) is 17.6 Å². The predicted octanol–water partition coefficient (Wildman–Crippen LogP) is -0.318. The standard InChI is InChI=1S/C14H16O4/c1-9(2)12(14(17)18)11(13(15)16)8-10-6-4-3-5-7-10/h3-7,9H,8H2,1-2H3,(H,15,16)(H,17,18)/p-2/b12-11+. The highest BCUT2D eigenvalue weighted by molar-refractivity contribution is 5.97. The van der Waals surface area contributed by atoms with E-state index < -0.39 is 17.9 Å². The first-order valence-electron chi connectivity index (χ1n) is 5.63. The molecule has 0 fully saturated rings. The number of aliphatic carboxylic acids is 2. The summed E-state index contributed by atoms with van der Waals surface area (Å²) in [7, 11) is 0. The zero-order valence-corrected chi connectivity index (χ0v) is 10.3. The number of carbonyl (C=O) groups excluding carboxylic acids is 2. The Kier molecular flexibility index (Phi) is 4.66. The van der Waals surface area contributed by atoms with Crippen molar-refractivity contribution >= 4 is 11.9 Å². The first-order valence-corrected chi connectivity index (χ1v) is 5.63. The number of carboxylic acids is 2. The molecule has 0 aliphatic heterocycles. The second-order valence-electron chi connectivity index (χ2n) is 4.28. The monoisotopic (exact) mass is 246 g/mol. The molecule has 0 bridgehead atoms. The van der Waals surface area contributed by atoms with Crippen LogP contribution in [0.5, 0.6) is 0 Å². The zero-order chi connectivity index (χ0) is 13.7. The summed E-state index contributed by atoms with van der Waals surface area (Å²) in [5.41, 5.74) is 0.283. The van der Waals surface area contributed by atoms with Crippen LogP contribution in [0.15, 0.2) is 41.5 Å². The summed E-state index contributed by atoms with van der Waals surface area (Å²) >= 11 is 0. The van der Waals surface area contributed by atoms with Gasteiger partial charge in [-0.25, -0.2) is 0 Å². The van der Waals surface area contributed by atoms with Crippen LogP contribution in [-0.2, 0) is 16.0 Å². The molecule has 18 heavy (non-hydrogen) atoms. The number of carboxylic acid groups (broad SMARTS) is 2. The molecule has 0 amide bonds. The lowest BCUT2D eigenvalue weighted by atomic mass is 9.93. The number of hydrogen-bond acceptors (Lipinski definition) is 4. The molecule has 0 aliphatic rings. The minimum absolute atomic E-state index is 0.0185. The molecule has 1 aromatic rings. The van der Waals surface area contributed by atoms with Gasteiger partial charge >= 0.3 is 0 Å². The van der Waals surface area contributed by atoms with Crippen molar-refractivity contribution in [3.05, 3.63) is 47.0 Å². The lowest BCUT2D eigenvalue weighted by Gasteiger charge is -2.20. The summed E-state index contributed by atoms with van der Waals surface area (Å²) in [5, 5.41) is 22.1. The maximum absolute atomic E-state index is 11.1. The number of benzene rings is 1. The van der Waals surface area contributed by atoms with Crippen LogP contribution in [0, 0.1) is 5.92 Å². The van der Waals surface area contributed by atoms with Gasteiger partial charge in [-0.1, -0.05) is 44.2 Å². The van der Waals surface area contributed by atoms with E-state index in [1.165, 1.54) is 0 Å². The van der Waals surface area contributed by atoms with Gasteiger partial charge in [-0.3, -0.25) is 0 Å². The van der Waals surface area contributed by atoms with Crippen LogP contribution in [0.2, 0.25) is 0 Å². The summed E-state index contributed by atoms with van der Waals surface area (Å²) in [6.45, 7) is 3.22. The van der Waals surface area contributed by atoms with Gasteiger partial charge in [0, 0.05) is 0 Å². The third-order valence-corrected chi connectivity index (χ3v) is 2.59. The van der Waals surface area contributed by atoms with Crippen molar-refractivity contribution in [3.63, 3.8) is 0 Å². The van der Waals surface area contributed by atoms with E-state index in [1.807, 2.05) is 0 Å². The van der Waals surface area contributed by atoms with Crippen molar-refractivity contribution in [2.75, 3.05) is 0 Å². The Bertz CT molecular complexity index is 472. The Morgan fingerprint density at radius 1 is 1.06 bits per heavy atom. The molecule has 0 saturated heterocycles. The van der Waals surface area contributed by atoms with Gasteiger partial charge in [-0.05, 0) is 29.0 Å². The van der Waals surface area contributed by atoms with Crippen molar-refractivity contribution in [2.24, 2.45) is 5.92 Å². The molecule has 0 spiro atoms. The van der Waals surface area contributed by atoms with Crippen LogP contribution in [0.25, 0.3) is 0 Å². The molecular formula is C14H14O4-2. The summed E-state index contributed by atoms with van der Waals surface area (Å²) in [6, 6.07) is 8.78. The fourth-order valence-electron chi connectivity index (χ4n) is 1.78. The Labute approximate surface area is 106 Å². The average molecular weight is 246 g/mol. The number of rotatable bonds is 5. The average Bonchev–Trinajstić information content (AvgIpc) is 2.28. The van der Waals surface area contributed by atoms with Crippen molar-refractivity contribution in [1.82, 2.24) is 0 Å². The van der Waals surface area contributed by atoms with E-state index in [0.29, 0.717) is 0 Å². The van der Waals surface area contributed by atoms with E-state index in [9.17, 15) is 19.8 Å². The zero-order valence-electron chi connectivity index (χ0n) is 10.3. The third kappa shape index (κ3) is 3.45. The minimum Gasteiger partial charge on any atom is -0.545 e. The van der Waals surface area contributed by atoms with E-state index in [0.717, 1.165) is 5.56 Å². The fraction of sp³-hybridized carbons (Fsp3) is 0.286. The number of carbonyl (C=O) groups is 2. The minimum atomic E-state index is -1.47. The van der Waals surface area contributed by atoms with E-state index in [2.05, 4.69) is 0 Å². The fourth-order valence-corrected chi connectivity index (χ4v) is 1.78. The van der Waals surface area contributed by atoms with Gasteiger partial charge in [0.1, 0.15) is 0 Å². The topological polar surface area (TPSA) is 80.3 Å². The molecule has 0 heterocycles. The lowest BCUT2D eigenvalue weighted by molar-refractivity contribution is -0.304. The highest BCUT2D eigenvalue weighted by atomic mass is 16.4. The summed E-state index contributed by atoms with van der Waals surface area (Å²) in [5.74, 6) is -3.36. The third-order valence-electron chi connectivity index (χ3n) is 2.59. The predicted molar refractivity (Wildman–Crippen MR) is 62.0 cm³/mol. The molecule has 0 unspecified atom stereocenters. The van der Waals surface area contributed by atoms with Crippen LogP contribution in [0.1, 0.15) is 19.4 Å². The maximum Gasteiger partial charge on any atom is 0.0681 e. The Morgan fingerprint density at radius 2 is 1.61 bits per heavy atom. The summed E-state index contributed by atoms with van der Waals surface area (Å²) < 4.78 is 0. The Balaban J connectivity index is 3.21. The molecule has 0 atom stereocenters. The van der Waals surface area contributed by atoms with Gasteiger partial charge < -0.3 is 19.8 Å². The number of hydrogen-bond donors (Lipinski definition) is 0. The van der Waals surface area contributed by atoms with Gasteiger partial charge in [0.15, 0.2) is 0 Å². The van der Waals surface area contributed by atoms with Crippen LogP contribution in [-0.4, -0.2) is 11.9 Å². The molecule has 0 saturated carbocycles. The van der Waals surface area contributed by atoms with Crippen LogP contribution < -0.4 is 10.2 Å². The molecule has 4 heteroatoms. The summed E-state index contributed by atoms with van der Waals surface area (Å²) in [6.07, 6.45) is 0.0185. The van der Waals surface area contributed by atoms with Gasteiger partial charge in [0.2, 0.25) is 0 Å². The molecule has 4 nitrogen and oxygen atoms in total. The second kappa shape index (κ2) is 6.00. The molecule has 0 N–H and O–H groups in total. The maximum atomic E-state index is 11.1. The van der Waals surface area contributed by atoms with Crippen molar-refractivity contribution in [2.45, 2.75) is 20.3 Å². The Morgan fingerprint density at radius 3 is 2.00 bits per heavy atom. The van der Waals surface area contributed by atoms with Crippen molar-refractivity contribution in [1.29, 1.82) is 0 Å². The Hall–Kier alpha value is -2.10. The molecular weight excluding hydrogens is 232 g/mol. The molecule has 0 aliphatic carbocycles. The summed E-state index contributed by atoms with van der Waals surface area (Å²) in [4.78, 5) is 22.1. The first kappa shape index (κ1) is 14.0. The lowest BCUT2D eigenvalue weighted by Crippen LogP contribution is -2.34. The SMILES string of the molecule is CC(C)/C(C(=O)[O-])=C(/Cc1ccccc1)C(=O)[O-]. The van der Waals surface area contributed by atoms with Gasteiger partial charge in [-0.2, -0.15) is 0 Å². The normalized spacial score (nSPS) is 12.2. The largest absolute Gasteiger partial charge is 0.545 e. The molecule has 0 aromatic heterocycles. The first-order chi connectivity index (χ1) is 8.43. The second-order valence-corrected chi connectivity index (χ2v) is 4.28. The van der Waals surface area contributed by atoms with Gasteiger partial charge in [0.25, 0.3) is 0 Å². The molecule has 0 radical (unpaired) electrons.